The summed E-state index contributed by atoms with van der Waals surface area (Å²) < 4.78 is 5.76. The fourth-order valence-corrected chi connectivity index (χ4v) is 3.05. The molecule has 20 heavy (non-hydrogen) atoms. The minimum absolute atomic E-state index is 0.260. The van der Waals surface area contributed by atoms with E-state index in [0.717, 1.165) is 39.4 Å². The molecule has 2 rings (SSSR count). The zero-order valence-corrected chi connectivity index (χ0v) is 12.8. The van der Waals surface area contributed by atoms with Crippen molar-refractivity contribution in [1.82, 2.24) is 15.2 Å². The monoisotopic (exact) mass is 277 g/mol. The van der Waals surface area contributed by atoms with Crippen LogP contribution in [0.15, 0.2) is 24.5 Å². The summed E-state index contributed by atoms with van der Waals surface area (Å²) in [5.74, 6) is 0. The second kappa shape index (κ2) is 7.72. The Bertz CT molecular complexity index is 377. The molecule has 0 spiro atoms. The first-order valence-corrected chi connectivity index (χ1v) is 7.60. The zero-order chi connectivity index (χ0) is 14.3. The molecule has 0 saturated carbocycles. The molecule has 1 aliphatic rings. The van der Waals surface area contributed by atoms with Crippen LogP contribution in [-0.2, 0) is 11.3 Å². The predicted molar refractivity (Wildman–Crippen MR) is 81.6 cm³/mol. The summed E-state index contributed by atoms with van der Waals surface area (Å²) in [6.45, 7) is 8.07. The van der Waals surface area contributed by atoms with Crippen LogP contribution >= 0.6 is 0 Å². The lowest BCUT2D eigenvalue weighted by molar-refractivity contribution is -0.0234. The van der Waals surface area contributed by atoms with Gasteiger partial charge in [-0.2, -0.15) is 0 Å². The summed E-state index contributed by atoms with van der Waals surface area (Å²) in [7, 11) is 2.20. The second-order valence-electron chi connectivity index (χ2n) is 5.96. The van der Waals surface area contributed by atoms with E-state index in [-0.39, 0.29) is 5.41 Å². The summed E-state index contributed by atoms with van der Waals surface area (Å²) in [6.07, 6.45) is 6.15. The van der Waals surface area contributed by atoms with E-state index >= 15 is 0 Å². The van der Waals surface area contributed by atoms with Gasteiger partial charge in [-0.05, 0) is 44.1 Å². The normalized spacial score (nSPS) is 23.1. The minimum atomic E-state index is 0.260. The molecule has 112 valence electrons. The number of hydrogen-bond donors (Lipinski definition) is 1. The first-order valence-electron chi connectivity index (χ1n) is 7.60. The maximum Gasteiger partial charge on any atom is 0.0546 e. The average molecular weight is 277 g/mol. The van der Waals surface area contributed by atoms with E-state index in [1.54, 1.807) is 0 Å². The fraction of sp³-hybridized carbons (Fsp3) is 0.688. The number of rotatable bonds is 7. The van der Waals surface area contributed by atoms with E-state index in [1.165, 1.54) is 18.4 Å². The Hall–Kier alpha value is -0.970. The third kappa shape index (κ3) is 4.54. The number of nitrogens with one attached hydrogen (secondary N) is 1. The van der Waals surface area contributed by atoms with Gasteiger partial charge in [0.2, 0.25) is 0 Å². The van der Waals surface area contributed by atoms with Crippen LogP contribution in [0, 0.1) is 5.41 Å². The molecule has 1 aliphatic heterocycles. The standard InChI is InChI=1S/C16H27N3O/c1-3-17-12-16(7-4-10-20-14-16)13-19(2)11-15-5-8-18-9-6-15/h5-6,8-9,17H,3-4,7,10-14H2,1-2H3. The van der Waals surface area contributed by atoms with Crippen LogP contribution < -0.4 is 5.32 Å². The van der Waals surface area contributed by atoms with Crippen LogP contribution in [-0.4, -0.2) is 49.8 Å². The van der Waals surface area contributed by atoms with Gasteiger partial charge in [0.25, 0.3) is 0 Å². The van der Waals surface area contributed by atoms with E-state index in [2.05, 4.69) is 41.3 Å². The van der Waals surface area contributed by atoms with Crippen LogP contribution in [0.1, 0.15) is 25.3 Å². The topological polar surface area (TPSA) is 37.4 Å². The molecule has 1 unspecified atom stereocenters. The number of ether oxygens (including phenoxy) is 1. The molecule has 1 atom stereocenters. The van der Waals surface area contributed by atoms with Gasteiger partial charge in [-0.1, -0.05) is 6.92 Å². The highest BCUT2D eigenvalue weighted by Gasteiger charge is 2.33. The van der Waals surface area contributed by atoms with Crippen molar-refractivity contribution in [1.29, 1.82) is 0 Å². The van der Waals surface area contributed by atoms with Crippen molar-refractivity contribution in [3.63, 3.8) is 0 Å². The van der Waals surface area contributed by atoms with Crippen LogP contribution in [0.5, 0.6) is 0 Å². The van der Waals surface area contributed by atoms with E-state index in [1.807, 2.05) is 12.4 Å². The van der Waals surface area contributed by atoms with Crippen molar-refractivity contribution in [2.24, 2.45) is 5.41 Å². The number of hydrogen-bond acceptors (Lipinski definition) is 4. The van der Waals surface area contributed by atoms with Crippen molar-refractivity contribution in [3.8, 4) is 0 Å². The molecule has 0 bridgehead atoms. The third-order valence-electron chi connectivity index (χ3n) is 3.96. The van der Waals surface area contributed by atoms with Crippen molar-refractivity contribution >= 4 is 0 Å². The second-order valence-corrected chi connectivity index (χ2v) is 5.96. The first kappa shape index (κ1) is 15.4. The minimum Gasteiger partial charge on any atom is -0.381 e. The summed E-state index contributed by atoms with van der Waals surface area (Å²) >= 11 is 0. The molecule has 1 aromatic rings. The molecule has 2 heterocycles. The van der Waals surface area contributed by atoms with Crippen molar-refractivity contribution in [2.75, 3.05) is 39.9 Å². The molecule has 4 nitrogen and oxygen atoms in total. The fourth-order valence-electron chi connectivity index (χ4n) is 3.05. The van der Waals surface area contributed by atoms with Crippen molar-refractivity contribution in [3.05, 3.63) is 30.1 Å². The Balaban J connectivity index is 1.92. The maximum absolute atomic E-state index is 5.76. The van der Waals surface area contributed by atoms with Crippen LogP contribution in [0.25, 0.3) is 0 Å². The van der Waals surface area contributed by atoms with E-state index in [0.29, 0.717) is 0 Å². The van der Waals surface area contributed by atoms with Gasteiger partial charge in [-0.15, -0.1) is 0 Å². The van der Waals surface area contributed by atoms with Gasteiger partial charge in [-0.25, -0.2) is 0 Å². The van der Waals surface area contributed by atoms with E-state index < -0.39 is 0 Å². The SMILES string of the molecule is CCNCC1(CN(C)Cc2ccncc2)CCCOC1. The summed E-state index contributed by atoms with van der Waals surface area (Å²) in [5.41, 5.74) is 1.58. The lowest BCUT2D eigenvalue weighted by Crippen LogP contribution is -2.48. The van der Waals surface area contributed by atoms with Gasteiger partial charge in [-0.3, -0.25) is 4.98 Å². The Kier molecular flexibility index (Phi) is 5.95. The highest BCUT2D eigenvalue weighted by Crippen LogP contribution is 2.29. The molecule has 4 heteroatoms. The summed E-state index contributed by atoms with van der Waals surface area (Å²) in [6, 6.07) is 4.18. The third-order valence-corrected chi connectivity index (χ3v) is 3.96. The van der Waals surface area contributed by atoms with Crippen LogP contribution in [0.2, 0.25) is 0 Å². The van der Waals surface area contributed by atoms with Gasteiger partial charge in [0, 0.05) is 44.0 Å². The Morgan fingerprint density at radius 2 is 2.20 bits per heavy atom. The lowest BCUT2D eigenvalue weighted by atomic mass is 9.81. The predicted octanol–water partition coefficient (Wildman–Crippen LogP) is 1.92. The van der Waals surface area contributed by atoms with Crippen molar-refractivity contribution < 1.29 is 4.74 Å². The Labute approximate surface area is 122 Å². The van der Waals surface area contributed by atoms with Crippen LogP contribution in [0.3, 0.4) is 0 Å². The molecule has 1 fully saturated rings. The highest BCUT2D eigenvalue weighted by molar-refractivity contribution is 5.09. The Morgan fingerprint density at radius 1 is 1.40 bits per heavy atom. The molecular weight excluding hydrogens is 250 g/mol. The van der Waals surface area contributed by atoms with Crippen molar-refractivity contribution in [2.45, 2.75) is 26.3 Å². The molecule has 0 aromatic carbocycles. The summed E-state index contributed by atoms with van der Waals surface area (Å²) in [4.78, 5) is 6.48. The molecule has 0 aliphatic carbocycles. The zero-order valence-electron chi connectivity index (χ0n) is 12.8. The van der Waals surface area contributed by atoms with Gasteiger partial charge in [0.05, 0.1) is 6.61 Å². The number of nitrogens with zero attached hydrogens (tertiary/aromatic N) is 2. The largest absolute Gasteiger partial charge is 0.381 e. The molecule has 0 radical (unpaired) electrons. The van der Waals surface area contributed by atoms with Gasteiger partial charge < -0.3 is 15.0 Å². The molecule has 1 saturated heterocycles. The van der Waals surface area contributed by atoms with Gasteiger partial charge in [0.15, 0.2) is 0 Å². The molecule has 0 amide bonds. The highest BCUT2D eigenvalue weighted by atomic mass is 16.5. The first-order chi connectivity index (χ1) is 9.74. The number of pyridine rings is 1. The quantitative estimate of drug-likeness (QED) is 0.826. The smallest absolute Gasteiger partial charge is 0.0546 e. The van der Waals surface area contributed by atoms with E-state index in [9.17, 15) is 0 Å². The molecule has 1 N–H and O–H groups in total. The van der Waals surface area contributed by atoms with Gasteiger partial charge in [0.1, 0.15) is 0 Å². The summed E-state index contributed by atoms with van der Waals surface area (Å²) in [5, 5.41) is 3.51. The lowest BCUT2D eigenvalue weighted by Gasteiger charge is -2.40. The molecule has 1 aromatic heterocycles. The van der Waals surface area contributed by atoms with Crippen LogP contribution in [0.4, 0.5) is 0 Å². The van der Waals surface area contributed by atoms with E-state index in [4.69, 9.17) is 4.74 Å². The Morgan fingerprint density at radius 3 is 2.85 bits per heavy atom. The average Bonchev–Trinajstić information content (AvgIpc) is 2.47. The maximum atomic E-state index is 5.76. The molecular formula is C16H27N3O. The number of aromatic nitrogens is 1. The van der Waals surface area contributed by atoms with Gasteiger partial charge >= 0.3 is 0 Å².